The van der Waals surface area contributed by atoms with Crippen LogP contribution in [0.1, 0.15) is 69.7 Å². The molecule has 12 heteroatoms. The van der Waals surface area contributed by atoms with E-state index in [1.807, 2.05) is 11.8 Å². The number of benzene rings is 1. The van der Waals surface area contributed by atoms with Crippen molar-refractivity contribution >= 4 is 29.4 Å². The first-order chi connectivity index (χ1) is 18.0. The van der Waals surface area contributed by atoms with E-state index in [-0.39, 0.29) is 30.1 Å². The average Bonchev–Trinajstić information content (AvgIpc) is 2.91. The van der Waals surface area contributed by atoms with Crippen LogP contribution >= 0.6 is 0 Å². The number of rotatable bonds is 12. The summed E-state index contributed by atoms with van der Waals surface area (Å²) in [6.45, 7) is 10.1. The summed E-state index contributed by atoms with van der Waals surface area (Å²) < 4.78 is 0. The number of hydrogen-bond donors (Lipinski definition) is 2. The standard InChI is InChI=1S/C24H38N4O4.C2H2O4/c1-4-25(5-2)17-10-18-26(24(30)20-13-15-22(16-14-20)28(31)32)19-23(29)27(6-3)21-11-8-7-9-12-21;3-1(4)2(5)6/h13-16,21H,4-12,17-19H2,1-3H3;(H,3,4)(H,5,6). The minimum Gasteiger partial charge on any atom is -0.473 e. The van der Waals surface area contributed by atoms with Gasteiger partial charge in [-0.05, 0) is 58.0 Å². The van der Waals surface area contributed by atoms with Crippen molar-refractivity contribution in [3.05, 3.63) is 39.9 Å². The Kier molecular flexibility index (Phi) is 14.6. The number of aliphatic carboxylic acids is 2. The molecule has 1 aliphatic rings. The minimum absolute atomic E-state index is 0.0162. The summed E-state index contributed by atoms with van der Waals surface area (Å²) in [5, 5.41) is 25.7. The van der Waals surface area contributed by atoms with Gasteiger partial charge in [0, 0.05) is 36.8 Å². The zero-order valence-corrected chi connectivity index (χ0v) is 22.5. The first kappa shape index (κ1) is 32.5. The lowest BCUT2D eigenvalue weighted by Crippen LogP contribution is -2.48. The zero-order valence-electron chi connectivity index (χ0n) is 22.5. The molecule has 38 heavy (non-hydrogen) atoms. The Bertz CT molecular complexity index is 916. The van der Waals surface area contributed by atoms with Crippen molar-refractivity contribution in [3.8, 4) is 0 Å². The van der Waals surface area contributed by atoms with Crippen molar-refractivity contribution in [2.75, 3.05) is 39.3 Å². The topological polar surface area (TPSA) is 162 Å². The second-order valence-electron chi connectivity index (χ2n) is 8.99. The highest BCUT2D eigenvalue weighted by Crippen LogP contribution is 2.23. The number of carboxylic acids is 2. The van der Waals surface area contributed by atoms with Crippen LogP contribution < -0.4 is 0 Å². The maximum absolute atomic E-state index is 13.2. The maximum atomic E-state index is 13.2. The van der Waals surface area contributed by atoms with Gasteiger partial charge in [0.25, 0.3) is 11.6 Å². The molecule has 1 aromatic rings. The largest absolute Gasteiger partial charge is 0.473 e. The van der Waals surface area contributed by atoms with E-state index in [2.05, 4.69) is 18.7 Å². The number of non-ortho nitro benzene ring substituents is 1. The summed E-state index contributed by atoms with van der Waals surface area (Å²) in [5.74, 6) is -3.92. The van der Waals surface area contributed by atoms with Crippen LogP contribution in [0.4, 0.5) is 5.69 Å². The first-order valence-electron chi connectivity index (χ1n) is 13.1. The molecule has 0 heterocycles. The highest BCUT2D eigenvalue weighted by Gasteiger charge is 2.27. The van der Waals surface area contributed by atoms with Gasteiger partial charge >= 0.3 is 11.9 Å². The smallest absolute Gasteiger partial charge is 0.414 e. The second-order valence-corrected chi connectivity index (χ2v) is 8.99. The molecule has 0 aliphatic heterocycles. The van der Waals surface area contributed by atoms with Crippen molar-refractivity contribution < 1.29 is 34.3 Å². The highest BCUT2D eigenvalue weighted by atomic mass is 16.6. The molecule has 12 nitrogen and oxygen atoms in total. The number of nitro benzene ring substituents is 1. The fraction of sp³-hybridized carbons (Fsp3) is 0.615. The third-order valence-electron chi connectivity index (χ3n) is 6.59. The zero-order chi connectivity index (χ0) is 28.7. The molecule has 212 valence electrons. The maximum Gasteiger partial charge on any atom is 0.414 e. The van der Waals surface area contributed by atoms with Gasteiger partial charge < -0.3 is 24.9 Å². The first-order valence-corrected chi connectivity index (χ1v) is 13.1. The van der Waals surface area contributed by atoms with Gasteiger partial charge in [-0.3, -0.25) is 19.7 Å². The van der Waals surface area contributed by atoms with Crippen LogP contribution in [0.25, 0.3) is 0 Å². The van der Waals surface area contributed by atoms with Gasteiger partial charge in [0.1, 0.15) is 6.54 Å². The van der Waals surface area contributed by atoms with Gasteiger partial charge in [0.2, 0.25) is 5.91 Å². The lowest BCUT2D eigenvalue weighted by atomic mass is 9.94. The van der Waals surface area contributed by atoms with E-state index >= 15 is 0 Å². The van der Waals surface area contributed by atoms with Gasteiger partial charge in [-0.2, -0.15) is 0 Å². The molecule has 0 spiro atoms. The quantitative estimate of drug-likeness (QED) is 0.232. The van der Waals surface area contributed by atoms with Crippen molar-refractivity contribution in [2.24, 2.45) is 0 Å². The third kappa shape index (κ3) is 10.8. The molecule has 0 saturated heterocycles. The predicted octanol–water partition coefficient (Wildman–Crippen LogP) is 3.11. The Morgan fingerprint density at radius 1 is 0.895 bits per heavy atom. The molecule has 1 fully saturated rings. The lowest BCUT2D eigenvalue weighted by molar-refractivity contribution is -0.384. The molecule has 1 aliphatic carbocycles. The summed E-state index contributed by atoms with van der Waals surface area (Å²) >= 11 is 0. The Hall–Kier alpha value is -3.54. The van der Waals surface area contributed by atoms with Crippen molar-refractivity contribution in [3.63, 3.8) is 0 Å². The molecule has 2 rings (SSSR count). The van der Waals surface area contributed by atoms with Gasteiger partial charge in [-0.1, -0.05) is 33.1 Å². The van der Waals surface area contributed by atoms with Crippen molar-refractivity contribution in [1.82, 2.24) is 14.7 Å². The normalized spacial score (nSPS) is 13.3. The number of likely N-dealkylation sites (N-methyl/N-ethyl adjacent to an activating group) is 1. The Morgan fingerprint density at radius 3 is 1.89 bits per heavy atom. The molecule has 1 saturated carbocycles. The highest BCUT2D eigenvalue weighted by molar-refractivity contribution is 6.27. The Morgan fingerprint density at radius 2 is 1.45 bits per heavy atom. The van der Waals surface area contributed by atoms with E-state index in [1.165, 1.54) is 30.7 Å². The molecular formula is C26H40N4O8. The molecular weight excluding hydrogens is 496 g/mol. The molecule has 0 atom stereocenters. The van der Waals surface area contributed by atoms with Gasteiger partial charge in [-0.25, -0.2) is 9.59 Å². The molecule has 0 aromatic heterocycles. The Balaban J connectivity index is 0.00000107. The molecule has 2 amide bonds. The number of hydrogen-bond acceptors (Lipinski definition) is 7. The van der Waals surface area contributed by atoms with Gasteiger partial charge in [0.15, 0.2) is 0 Å². The van der Waals surface area contributed by atoms with Crippen LogP contribution in [0, 0.1) is 10.1 Å². The van der Waals surface area contributed by atoms with Crippen LogP contribution in [0.2, 0.25) is 0 Å². The molecule has 0 unspecified atom stereocenters. The number of amides is 2. The fourth-order valence-corrected chi connectivity index (χ4v) is 4.47. The fourth-order valence-electron chi connectivity index (χ4n) is 4.47. The van der Waals surface area contributed by atoms with E-state index in [4.69, 9.17) is 19.8 Å². The van der Waals surface area contributed by atoms with Crippen LogP contribution in [0.3, 0.4) is 0 Å². The van der Waals surface area contributed by atoms with Gasteiger partial charge in [0.05, 0.1) is 4.92 Å². The predicted molar refractivity (Wildman–Crippen MR) is 141 cm³/mol. The van der Waals surface area contributed by atoms with Crippen LogP contribution in [0.15, 0.2) is 24.3 Å². The number of carbonyl (C=O) groups excluding carboxylic acids is 2. The van der Waals surface area contributed by atoms with Crippen molar-refractivity contribution in [2.45, 2.75) is 65.3 Å². The SMILES string of the molecule is CCN(CC)CCCN(CC(=O)N(CC)C1CCCCC1)C(=O)c1ccc([N+](=O)[O-])cc1.O=C(O)C(=O)O. The van der Waals surface area contributed by atoms with E-state index in [0.717, 1.165) is 51.7 Å². The monoisotopic (exact) mass is 536 g/mol. The minimum atomic E-state index is -1.82. The van der Waals surface area contributed by atoms with Gasteiger partial charge in [-0.15, -0.1) is 0 Å². The number of nitro groups is 1. The third-order valence-corrected chi connectivity index (χ3v) is 6.59. The average molecular weight is 537 g/mol. The lowest BCUT2D eigenvalue weighted by Gasteiger charge is -2.35. The summed E-state index contributed by atoms with van der Waals surface area (Å²) in [6, 6.07) is 5.88. The second kappa shape index (κ2) is 17.1. The van der Waals surface area contributed by atoms with Crippen molar-refractivity contribution in [1.29, 1.82) is 0 Å². The summed E-state index contributed by atoms with van der Waals surface area (Å²) in [7, 11) is 0. The van der Waals surface area contributed by atoms with E-state index in [9.17, 15) is 19.7 Å². The van der Waals surface area contributed by atoms with Crippen LogP contribution in [-0.4, -0.2) is 98.9 Å². The molecule has 0 bridgehead atoms. The summed E-state index contributed by atoms with van der Waals surface area (Å²) in [6.07, 6.45) is 6.32. The summed E-state index contributed by atoms with van der Waals surface area (Å²) in [4.78, 5) is 60.9. The molecule has 2 N–H and O–H groups in total. The van der Waals surface area contributed by atoms with E-state index in [1.54, 1.807) is 4.90 Å². The molecule has 0 radical (unpaired) electrons. The van der Waals surface area contributed by atoms with E-state index < -0.39 is 16.9 Å². The number of carbonyl (C=O) groups is 4. The number of nitrogens with zero attached hydrogens (tertiary/aromatic N) is 4. The summed E-state index contributed by atoms with van der Waals surface area (Å²) in [5.41, 5.74) is 0.312. The number of carboxylic acid groups (broad SMARTS) is 2. The molecule has 1 aromatic carbocycles. The van der Waals surface area contributed by atoms with Crippen LogP contribution in [-0.2, 0) is 14.4 Å². The Labute approximate surface area is 223 Å². The van der Waals surface area contributed by atoms with Crippen LogP contribution in [0.5, 0.6) is 0 Å². The van der Waals surface area contributed by atoms with E-state index in [0.29, 0.717) is 18.7 Å².